The molecule has 0 saturated carbocycles. The average molecular weight is 362 g/mol. The van der Waals surface area contributed by atoms with E-state index in [1.807, 2.05) is 29.8 Å². The van der Waals surface area contributed by atoms with Crippen molar-refractivity contribution in [3.05, 3.63) is 76.6 Å². The molecular weight excluding hydrogens is 343 g/mol. The molecule has 1 aromatic heterocycles. The molecule has 1 aliphatic rings. The van der Waals surface area contributed by atoms with E-state index in [-0.39, 0.29) is 5.82 Å². The first kappa shape index (κ1) is 16.9. The zero-order chi connectivity index (χ0) is 18.1. The number of benzene rings is 2. The van der Waals surface area contributed by atoms with E-state index >= 15 is 0 Å². The molecule has 26 heavy (non-hydrogen) atoms. The fraction of sp³-hybridized carbons (Fsp3) is 0.182. The normalized spacial score (nSPS) is 16.6. The Bertz CT molecular complexity index is 1060. The SMILES string of the molecule is Cc1cc(C2=C(c3ccc4ncsc4c3)CC(=N)/C=C/CC2)ccc1F. The Hall–Kier alpha value is -2.59. The van der Waals surface area contributed by atoms with Gasteiger partial charge in [-0.15, -0.1) is 11.3 Å². The monoisotopic (exact) mass is 362 g/mol. The Labute approximate surface area is 156 Å². The Morgan fingerprint density at radius 3 is 2.73 bits per heavy atom. The standard InChI is InChI=1S/C22H19FN2S/c1-14-10-15(6-8-20(14)23)18-5-3-2-4-17(24)12-19(18)16-7-9-21-22(11-16)26-13-25-21/h2,4,6-11,13,24H,3,5,12H2,1H3/b4-2+,19-18?,24-17?. The van der Waals surface area contributed by atoms with E-state index in [1.165, 1.54) is 5.57 Å². The van der Waals surface area contributed by atoms with Gasteiger partial charge < -0.3 is 5.41 Å². The molecule has 0 bridgehead atoms. The van der Waals surface area contributed by atoms with Crippen LogP contribution in [0.5, 0.6) is 0 Å². The van der Waals surface area contributed by atoms with E-state index in [0.29, 0.717) is 17.7 Å². The van der Waals surface area contributed by atoms with Gasteiger partial charge >= 0.3 is 0 Å². The fourth-order valence-electron chi connectivity index (χ4n) is 3.43. The van der Waals surface area contributed by atoms with E-state index in [0.717, 1.165) is 39.8 Å². The van der Waals surface area contributed by atoms with Gasteiger partial charge in [-0.1, -0.05) is 18.2 Å². The maximum Gasteiger partial charge on any atom is 0.126 e. The largest absolute Gasteiger partial charge is 0.305 e. The Balaban J connectivity index is 1.91. The number of hydrogen-bond acceptors (Lipinski definition) is 3. The number of nitrogens with one attached hydrogen (secondary N) is 1. The molecule has 0 aliphatic heterocycles. The second-order valence-electron chi connectivity index (χ2n) is 6.60. The number of allylic oxidation sites excluding steroid dienone is 4. The summed E-state index contributed by atoms with van der Waals surface area (Å²) in [4.78, 5) is 4.36. The van der Waals surface area contributed by atoms with Crippen LogP contribution in [-0.2, 0) is 0 Å². The van der Waals surface area contributed by atoms with Gasteiger partial charge in [0.25, 0.3) is 0 Å². The first-order valence-electron chi connectivity index (χ1n) is 8.68. The second-order valence-corrected chi connectivity index (χ2v) is 7.49. The Morgan fingerprint density at radius 2 is 1.88 bits per heavy atom. The predicted molar refractivity (Wildman–Crippen MR) is 108 cm³/mol. The van der Waals surface area contributed by atoms with Crippen molar-refractivity contribution in [3.63, 3.8) is 0 Å². The van der Waals surface area contributed by atoms with Crippen molar-refractivity contribution in [1.82, 2.24) is 4.98 Å². The summed E-state index contributed by atoms with van der Waals surface area (Å²) in [6.07, 6.45) is 6.29. The highest BCUT2D eigenvalue weighted by atomic mass is 32.1. The number of thiazole rings is 1. The molecule has 1 heterocycles. The Kier molecular flexibility index (Phi) is 4.51. The van der Waals surface area contributed by atoms with Crippen LogP contribution in [0.4, 0.5) is 4.39 Å². The van der Waals surface area contributed by atoms with E-state index in [1.54, 1.807) is 24.3 Å². The number of aromatic nitrogens is 1. The highest BCUT2D eigenvalue weighted by Crippen LogP contribution is 2.36. The summed E-state index contributed by atoms with van der Waals surface area (Å²) in [6, 6.07) is 11.6. The summed E-state index contributed by atoms with van der Waals surface area (Å²) in [5.41, 5.74) is 8.63. The molecule has 4 heteroatoms. The molecule has 4 rings (SSSR count). The molecule has 130 valence electrons. The summed E-state index contributed by atoms with van der Waals surface area (Å²) < 4.78 is 14.9. The van der Waals surface area contributed by atoms with Crippen molar-refractivity contribution in [2.45, 2.75) is 26.2 Å². The maximum absolute atomic E-state index is 13.8. The van der Waals surface area contributed by atoms with Crippen LogP contribution in [0.3, 0.4) is 0 Å². The van der Waals surface area contributed by atoms with Crippen LogP contribution < -0.4 is 0 Å². The van der Waals surface area contributed by atoms with Crippen molar-refractivity contribution < 1.29 is 4.39 Å². The van der Waals surface area contributed by atoms with E-state index in [2.05, 4.69) is 23.2 Å². The molecule has 3 aromatic rings. The number of nitrogens with zero attached hydrogens (tertiary/aromatic N) is 1. The number of rotatable bonds is 2. The molecule has 0 unspecified atom stereocenters. The van der Waals surface area contributed by atoms with E-state index in [4.69, 9.17) is 5.41 Å². The molecule has 2 nitrogen and oxygen atoms in total. The lowest BCUT2D eigenvalue weighted by molar-refractivity contribution is 0.618. The third kappa shape index (κ3) is 3.25. The first-order valence-corrected chi connectivity index (χ1v) is 9.56. The molecule has 2 aromatic carbocycles. The third-order valence-corrected chi connectivity index (χ3v) is 5.59. The van der Waals surface area contributed by atoms with Crippen LogP contribution in [0.2, 0.25) is 0 Å². The van der Waals surface area contributed by atoms with Gasteiger partial charge in [-0.05, 0) is 77.9 Å². The van der Waals surface area contributed by atoms with Crippen LogP contribution in [0, 0.1) is 18.2 Å². The molecule has 0 atom stereocenters. The quantitative estimate of drug-likeness (QED) is 0.561. The highest BCUT2D eigenvalue weighted by Gasteiger charge is 2.16. The maximum atomic E-state index is 13.8. The molecule has 0 spiro atoms. The molecule has 0 fully saturated rings. The minimum absolute atomic E-state index is 0.180. The lowest BCUT2D eigenvalue weighted by Gasteiger charge is -2.19. The lowest BCUT2D eigenvalue weighted by Crippen LogP contribution is -2.02. The average Bonchev–Trinajstić information content (AvgIpc) is 3.08. The summed E-state index contributed by atoms with van der Waals surface area (Å²) in [6.45, 7) is 1.80. The van der Waals surface area contributed by atoms with Gasteiger partial charge in [-0.2, -0.15) is 0 Å². The molecule has 0 amide bonds. The van der Waals surface area contributed by atoms with Gasteiger partial charge in [0.05, 0.1) is 15.7 Å². The van der Waals surface area contributed by atoms with E-state index < -0.39 is 0 Å². The number of fused-ring (bicyclic) bond motifs is 1. The smallest absolute Gasteiger partial charge is 0.126 e. The lowest BCUT2D eigenvalue weighted by atomic mass is 9.86. The summed E-state index contributed by atoms with van der Waals surface area (Å²) in [7, 11) is 0. The molecule has 0 radical (unpaired) electrons. The molecule has 1 N–H and O–H groups in total. The highest BCUT2D eigenvalue weighted by molar-refractivity contribution is 7.16. The van der Waals surface area contributed by atoms with Gasteiger partial charge in [-0.3, -0.25) is 0 Å². The van der Waals surface area contributed by atoms with Crippen LogP contribution in [-0.4, -0.2) is 10.7 Å². The number of halogens is 1. The second kappa shape index (κ2) is 6.96. The van der Waals surface area contributed by atoms with E-state index in [9.17, 15) is 4.39 Å². The zero-order valence-corrected chi connectivity index (χ0v) is 15.4. The van der Waals surface area contributed by atoms with Gasteiger partial charge in [0.1, 0.15) is 5.82 Å². The van der Waals surface area contributed by atoms with Crippen molar-refractivity contribution >= 4 is 38.4 Å². The Morgan fingerprint density at radius 1 is 1.08 bits per heavy atom. The molecule has 0 saturated heterocycles. The van der Waals surface area contributed by atoms with Crippen LogP contribution in [0.25, 0.3) is 21.4 Å². The third-order valence-electron chi connectivity index (χ3n) is 4.80. The van der Waals surface area contributed by atoms with Crippen molar-refractivity contribution in [2.24, 2.45) is 0 Å². The summed E-state index contributed by atoms with van der Waals surface area (Å²) in [5.74, 6) is -0.180. The van der Waals surface area contributed by atoms with Gasteiger partial charge in [-0.25, -0.2) is 9.37 Å². The van der Waals surface area contributed by atoms with Gasteiger partial charge in [0, 0.05) is 12.1 Å². The van der Waals surface area contributed by atoms with Crippen LogP contribution in [0.15, 0.2) is 54.1 Å². The summed E-state index contributed by atoms with van der Waals surface area (Å²) >= 11 is 1.63. The van der Waals surface area contributed by atoms with Gasteiger partial charge in [0.15, 0.2) is 0 Å². The summed E-state index contributed by atoms with van der Waals surface area (Å²) in [5, 5.41) is 8.28. The van der Waals surface area contributed by atoms with Crippen molar-refractivity contribution in [2.75, 3.05) is 0 Å². The van der Waals surface area contributed by atoms with Crippen LogP contribution in [0.1, 0.15) is 36.0 Å². The van der Waals surface area contributed by atoms with Crippen LogP contribution >= 0.6 is 11.3 Å². The zero-order valence-electron chi connectivity index (χ0n) is 14.6. The minimum Gasteiger partial charge on any atom is -0.305 e. The first-order chi connectivity index (χ1) is 12.6. The van der Waals surface area contributed by atoms with Crippen molar-refractivity contribution in [3.8, 4) is 0 Å². The topological polar surface area (TPSA) is 36.7 Å². The number of aryl methyl sites for hydroxylation is 1. The minimum atomic E-state index is -0.180. The predicted octanol–water partition coefficient (Wildman–Crippen LogP) is 6.41. The fourth-order valence-corrected chi connectivity index (χ4v) is 4.15. The molecule has 1 aliphatic carbocycles. The molecular formula is C22H19FN2S. The number of hydrogen-bond donors (Lipinski definition) is 1. The van der Waals surface area contributed by atoms with Crippen molar-refractivity contribution in [1.29, 1.82) is 5.41 Å². The van der Waals surface area contributed by atoms with Gasteiger partial charge in [0.2, 0.25) is 0 Å².